The number of hydrogen-bond donors (Lipinski definition) is 0. The van der Waals surface area contributed by atoms with Crippen LogP contribution in [0.25, 0.3) is 0 Å². The lowest BCUT2D eigenvalue weighted by Crippen LogP contribution is -2.03. The summed E-state index contributed by atoms with van der Waals surface area (Å²) in [7, 11) is 2.37. The standard InChI is InChI=1S/C10H12O6/c1-7(11)16-8(6-10(13)15-3)4-5-9(12)14-2/h4-6H,1-3H3/b5-4+,8-6-. The number of rotatable bonds is 4. The SMILES string of the molecule is COC(=O)/C=C(/C=C/C(=O)OC)OC(C)=O. The smallest absolute Gasteiger partial charge is 0.334 e. The van der Waals surface area contributed by atoms with Crippen molar-refractivity contribution in [2.24, 2.45) is 0 Å². The molecule has 0 aromatic rings. The van der Waals surface area contributed by atoms with E-state index in [0.717, 1.165) is 25.2 Å². The van der Waals surface area contributed by atoms with Gasteiger partial charge in [0.05, 0.1) is 20.3 Å². The molecule has 0 rings (SSSR count). The Labute approximate surface area is 92.5 Å². The molecule has 0 aliphatic rings. The largest absolute Gasteiger partial charge is 0.466 e. The molecule has 0 aromatic carbocycles. The molecule has 0 fully saturated rings. The zero-order valence-corrected chi connectivity index (χ0v) is 9.18. The summed E-state index contributed by atoms with van der Waals surface area (Å²) in [6.45, 7) is 1.16. The molecular formula is C10H12O6. The number of ether oxygens (including phenoxy) is 3. The van der Waals surface area contributed by atoms with Gasteiger partial charge in [0.1, 0.15) is 5.76 Å². The fourth-order valence-electron chi connectivity index (χ4n) is 0.671. The van der Waals surface area contributed by atoms with Gasteiger partial charge in [0.15, 0.2) is 0 Å². The Hall–Kier alpha value is -2.11. The topological polar surface area (TPSA) is 78.9 Å². The highest BCUT2D eigenvalue weighted by Gasteiger charge is 2.04. The Morgan fingerprint density at radius 1 is 0.938 bits per heavy atom. The summed E-state index contributed by atoms with van der Waals surface area (Å²) in [4.78, 5) is 32.3. The van der Waals surface area contributed by atoms with Gasteiger partial charge in [-0.05, 0) is 6.08 Å². The fourth-order valence-corrected chi connectivity index (χ4v) is 0.671. The molecule has 0 unspecified atom stereocenters. The van der Waals surface area contributed by atoms with Crippen LogP contribution in [-0.2, 0) is 28.6 Å². The molecule has 0 saturated carbocycles. The molecule has 0 heterocycles. The summed E-state index contributed by atoms with van der Waals surface area (Å²) < 4.78 is 13.3. The summed E-state index contributed by atoms with van der Waals surface area (Å²) in [6.07, 6.45) is 3.07. The van der Waals surface area contributed by atoms with E-state index in [4.69, 9.17) is 0 Å². The predicted molar refractivity (Wildman–Crippen MR) is 53.0 cm³/mol. The monoisotopic (exact) mass is 228 g/mol. The van der Waals surface area contributed by atoms with Crippen molar-refractivity contribution in [3.8, 4) is 0 Å². The van der Waals surface area contributed by atoms with Crippen LogP contribution in [0.2, 0.25) is 0 Å². The number of carbonyl (C=O) groups excluding carboxylic acids is 3. The van der Waals surface area contributed by atoms with Crippen LogP contribution in [0.4, 0.5) is 0 Å². The molecule has 0 bridgehead atoms. The van der Waals surface area contributed by atoms with E-state index in [1.54, 1.807) is 0 Å². The summed E-state index contributed by atoms with van der Waals surface area (Å²) >= 11 is 0. The van der Waals surface area contributed by atoms with Crippen LogP contribution in [0.1, 0.15) is 6.92 Å². The Bertz CT molecular complexity index is 339. The van der Waals surface area contributed by atoms with Crippen molar-refractivity contribution in [1.82, 2.24) is 0 Å². The van der Waals surface area contributed by atoms with Crippen molar-refractivity contribution >= 4 is 17.9 Å². The Balaban J connectivity index is 4.74. The Morgan fingerprint density at radius 2 is 1.50 bits per heavy atom. The van der Waals surface area contributed by atoms with Gasteiger partial charge in [0.2, 0.25) is 0 Å². The van der Waals surface area contributed by atoms with Crippen molar-refractivity contribution < 1.29 is 28.6 Å². The van der Waals surface area contributed by atoms with Gasteiger partial charge in [0, 0.05) is 13.0 Å². The summed E-state index contributed by atoms with van der Waals surface area (Å²) in [5, 5.41) is 0. The minimum Gasteiger partial charge on any atom is -0.466 e. The first-order valence-electron chi connectivity index (χ1n) is 4.23. The van der Waals surface area contributed by atoms with Crippen molar-refractivity contribution in [3.05, 3.63) is 24.0 Å². The van der Waals surface area contributed by atoms with Crippen molar-refractivity contribution in [2.75, 3.05) is 14.2 Å². The first-order valence-corrected chi connectivity index (χ1v) is 4.23. The molecule has 0 saturated heterocycles. The number of hydrogen-bond acceptors (Lipinski definition) is 6. The molecule has 0 amide bonds. The van der Waals surface area contributed by atoms with Crippen LogP contribution in [-0.4, -0.2) is 32.1 Å². The second kappa shape index (κ2) is 7.22. The lowest BCUT2D eigenvalue weighted by Gasteiger charge is -2.01. The molecule has 88 valence electrons. The van der Waals surface area contributed by atoms with Gasteiger partial charge in [-0.25, -0.2) is 9.59 Å². The first-order chi connectivity index (χ1) is 7.49. The van der Waals surface area contributed by atoms with E-state index in [2.05, 4.69) is 14.2 Å². The Kier molecular flexibility index (Phi) is 6.27. The highest BCUT2D eigenvalue weighted by Crippen LogP contribution is 2.01. The van der Waals surface area contributed by atoms with Crippen LogP contribution in [0.3, 0.4) is 0 Å². The van der Waals surface area contributed by atoms with Crippen LogP contribution >= 0.6 is 0 Å². The van der Waals surface area contributed by atoms with E-state index in [1.807, 2.05) is 0 Å². The van der Waals surface area contributed by atoms with E-state index >= 15 is 0 Å². The van der Waals surface area contributed by atoms with E-state index in [0.29, 0.717) is 0 Å². The molecule has 6 nitrogen and oxygen atoms in total. The van der Waals surface area contributed by atoms with E-state index in [1.165, 1.54) is 14.2 Å². The van der Waals surface area contributed by atoms with Crippen LogP contribution in [0.15, 0.2) is 24.0 Å². The van der Waals surface area contributed by atoms with E-state index < -0.39 is 17.9 Å². The van der Waals surface area contributed by atoms with Gasteiger partial charge in [-0.2, -0.15) is 0 Å². The normalized spacial score (nSPS) is 11.1. The number of esters is 3. The van der Waals surface area contributed by atoms with Crippen molar-refractivity contribution in [1.29, 1.82) is 0 Å². The average molecular weight is 228 g/mol. The number of allylic oxidation sites excluding steroid dienone is 1. The minimum absolute atomic E-state index is 0.107. The summed E-state index contributed by atoms with van der Waals surface area (Å²) in [5.41, 5.74) is 0. The molecular weight excluding hydrogens is 216 g/mol. The minimum atomic E-state index is -0.703. The molecule has 0 aromatic heterocycles. The van der Waals surface area contributed by atoms with Crippen LogP contribution in [0.5, 0.6) is 0 Å². The van der Waals surface area contributed by atoms with Gasteiger partial charge in [-0.1, -0.05) is 0 Å². The fraction of sp³-hybridized carbons (Fsp3) is 0.300. The van der Waals surface area contributed by atoms with Crippen LogP contribution < -0.4 is 0 Å². The van der Waals surface area contributed by atoms with Gasteiger partial charge >= 0.3 is 17.9 Å². The quantitative estimate of drug-likeness (QED) is 0.227. The van der Waals surface area contributed by atoms with E-state index in [9.17, 15) is 14.4 Å². The maximum Gasteiger partial charge on any atom is 0.334 e. The van der Waals surface area contributed by atoms with Crippen LogP contribution in [0, 0.1) is 0 Å². The predicted octanol–water partition coefficient (Wildman–Crippen LogP) is 0.336. The third-order valence-electron chi connectivity index (χ3n) is 1.31. The van der Waals surface area contributed by atoms with Gasteiger partial charge in [-0.15, -0.1) is 0 Å². The summed E-state index contributed by atoms with van der Waals surface area (Å²) in [5.74, 6) is -2.07. The van der Waals surface area contributed by atoms with E-state index in [-0.39, 0.29) is 5.76 Å². The highest BCUT2D eigenvalue weighted by molar-refractivity contribution is 5.85. The zero-order valence-electron chi connectivity index (χ0n) is 9.18. The second-order valence-corrected chi connectivity index (χ2v) is 2.52. The van der Waals surface area contributed by atoms with Gasteiger partial charge in [0.25, 0.3) is 0 Å². The highest BCUT2D eigenvalue weighted by atomic mass is 16.5. The zero-order chi connectivity index (χ0) is 12.6. The number of methoxy groups -OCH3 is 2. The molecule has 0 N–H and O–H groups in total. The molecule has 0 aliphatic carbocycles. The summed E-state index contributed by atoms with van der Waals surface area (Å²) in [6, 6.07) is 0. The maximum absolute atomic E-state index is 10.9. The molecule has 6 heteroatoms. The lowest BCUT2D eigenvalue weighted by atomic mass is 10.4. The van der Waals surface area contributed by atoms with Crippen molar-refractivity contribution in [3.63, 3.8) is 0 Å². The van der Waals surface area contributed by atoms with Crippen molar-refractivity contribution in [2.45, 2.75) is 6.92 Å². The Morgan fingerprint density at radius 3 is 1.94 bits per heavy atom. The molecule has 16 heavy (non-hydrogen) atoms. The third kappa shape index (κ3) is 6.36. The second-order valence-electron chi connectivity index (χ2n) is 2.52. The molecule has 0 atom stereocenters. The third-order valence-corrected chi connectivity index (χ3v) is 1.31. The van der Waals surface area contributed by atoms with Gasteiger partial charge < -0.3 is 14.2 Å². The molecule has 0 spiro atoms. The van der Waals surface area contributed by atoms with Gasteiger partial charge in [-0.3, -0.25) is 4.79 Å². The molecule has 0 radical (unpaired) electrons. The molecule has 0 aliphatic heterocycles. The lowest BCUT2D eigenvalue weighted by molar-refractivity contribution is -0.138. The maximum atomic E-state index is 10.9. The number of carbonyl (C=O) groups is 3. The first kappa shape index (κ1) is 13.9. The average Bonchev–Trinajstić information content (AvgIpc) is 2.24.